The van der Waals surface area contributed by atoms with E-state index in [-0.39, 0.29) is 0 Å². The standard InChI is InChI=1S/C30H30N2S/c1-29(2)15-23(16-30(3,4)17-29)21-11-12-24-25(14-21)33-28-26(31-18-32-27(24)28)22-10-9-19-7-5-6-8-20(19)13-22/h5-14,18,23H,15-17H2,1-4H3. The van der Waals surface area contributed by atoms with Crippen LogP contribution in [-0.4, -0.2) is 9.97 Å². The Morgan fingerprint density at radius 2 is 1.58 bits per heavy atom. The second-order valence-electron chi connectivity index (χ2n) is 11.4. The lowest BCUT2D eigenvalue weighted by atomic mass is 9.60. The van der Waals surface area contributed by atoms with Gasteiger partial charge >= 0.3 is 0 Å². The molecule has 0 radical (unpaired) electrons. The van der Waals surface area contributed by atoms with Crippen LogP contribution in [0.25, 0.3) is 42.3 Å². The lowest BCUT2D eigenvalue weighted by Gasteiger charge is -2.45. The summed E-state index contributed by atoms with van der Waals surface area (Å²) in [6, 6.07) is 22.2. The van der Waals surface area contributed by atoms with E-state index in [4.69, 9.17) is 9.97 Å². The summed E-state index contributed by atoms with van der Waals surface area (Å²) in [5, 5.41) is 3.75. The molecule has 2 nitrogen and oxygen atoms in total. The largest absolute Gasteiger partial charge is 0.235 e. The summed E-state index contributed by atoms with van der Waals surface area (Å²) in [5.74, 6) is 0.615. The van der Waals surface area contributed by atoms with Gasteiger partial charge in [-0.15, -0.1) is 11.3 Å². The summed E-state index contributed by atoms with van der Waals surface area (Å²) in [6.45, 7) is 9.74. The highest BCUT2D eigenvalue weighted by Crippen LogP contribution is 2.52. The van der Waals surface area contributed by atoms with Gasteiger partial charge in [0, 0.05) is 15.6 Å². The molecule has 1 fully saturated rings. The molecule has 3 heteroatoms. The Morgan fingerprint density at radius 3 is 2.36 bits per heavy atom. The molecule has 1 saturated carbocycles. The van der Waals surface area contributed by atoms with Gasteiger partial charge in [0.25, 0.3) is 0 Å². The number of fused-ring (bicyclic) bond motifs is 4. The van der Waals surface area contributed by atoms with Crippen LogP contribution >= 0.6 is 11.3 Å². The molecular formula is C30H30N2S. The van der Waals surface area contributed by atoms with E-state index in [9.17, 15) is 0 Å². The van der Waals surface area contributed by atoms with Crippen LogP contribution in [0.4, 0.5) is 0 Å². The third kappa shape index (κ3) is 3.73. The predicted molar refractivity (Wildman–Crippen MR) is 142 cm³/mol. The number of hydrogen-bond acceptors (Lipinski definition) is 3. The minimum Gasteiger partial charge on any atom is -0.235 e. The van der Waals surface area contributed by atoms with Crippen molar-refractivity contribution < 1.29 is 0 Å². The van der Waals surface area contributed by atoms with Gasteiger partial charge in [0.15, 0.2) is 0 Å². The maximum Gasteiger partial charge on any atom is 0.116 e. The van der Waals surface area contributed by atoms with E-state index in [0.717, 1.165) is 16.8 Å². The van der Waals surface area contributed by atoms with E-state index in [0.29, 0.717) is 16.7 Å². The number of thiophene rings is 1. The molecule has 0 N–H and O–H groups in total. The SMILES string of the molecule is CC1(C)CC(c2ccc3c(c2)sc2c(-c4ccc5ccccc5c4)ncnc23)CC(C)(C)C1. The molecule has 6 rings (SSSR count). The zero-order valence-corrected chi connectivity index (χ0v) is 20.7. The third-order valence-corrected chi connectivity index (χ3v) is 8.47. The fraction of sp³-hybridized carbons (Fsp3) is 0.333. The Labute approximate surface area is 199 Å². The molecule has 5 aromatic rings. The second kappa shape index (κ2) is 7.36. The minimum absolute atomic E-state index is 0.385. The molecule has 1 aliphatic rings. The second-order valence-corrected chi connectivity index (χ2v) is 12.5. The molecule has 0 unspecified atom stereocenters. The van der Waals surface area contributed by atoms with Crippen molar-refractivity contribution in [2.24, 2.45) is 10.8 Å². The highest BCUT2D eigenvalue weighted by molar-refractivity contribution is 7.26. The Balaban J connectivity index is 1.47. The van der Waals surface area contributed by atoms with Crippen molar-refractivity contribution in [1.29, 1.82) is 0 Å². The number of hydrogen-bond donors (Lipinski definition) is 0. The van der Waals surface area contributed by atoms with Gasteiger partial charge < -0.3 is 0 Å². The first-order valence-electron chi connectivity index (χ1n) is 11.9. The first-order chi connectivity index (χ1) is 15.8. The summed E-state index contributed by atoms with van der Waals surface area (Å²) >= 11 is 1.84. The Morgan fingerprint density at radius 1 is 0.818 bits per heavy atom. The quantitative estimate of drug-likeness (QED) is 0.268. The van der Waals surface area contributed by atoms with Crippen molar-refractivity contribution in [3.05, 3.63) is 72.6 Å². The maximum absolute atomic E-state index is 4.73. The number of aromatic nitrogens is 2. The van der Waals surface area contributed by atoms with Crippen LogP contribution in [0.1, 0.15) is 58.4 Å². The van der Waals surface area contributed by atoms with Crippen LogP contribution in [0, 0.1) is 10.8 Å². The maximum atomic E-state index is 4.73. The molecule has 0 bridgehead atoms. The van der Waals surface area contributed by atoms with Crippen molar-refractivity contribution >= 4 is 42.4 Å². The first-order valence-corrected chi connectivity index (χ1v) is 12.8. The Hall–Kier alpha value is -2.78. The van der Waals surface area contributed by atoms with Crippen molar-refractivity contribution in [1.82, 2.24) is 9.97 Å². The molecule has 0 amide bonds. The van der Waals surface area contributed by atoms with Crippen LogP contribution in [0.15, 0.2) is 67.0 Å². The molecule has 3 aromatic carbocycles. The lowest BCUT2D eigenvalue weighted by molar-refractivity contribution is 0.0969. The van der Waals surface area contributed by atoms with Crippen LogP contribution in [0.5, 0.6) is 0 Å². The smallest absolute Gasteiger partial charge is 0.116 e. The Kier molecular flexibility index (Phi) is 4.64. The molecule has 2 aromatic heterocycles. The summed E-state index contributed by atoms with van der Waals surface area (Å²) in [7, 11) is 0. The minimum atomic E-state index is 0.385. The van der Waals surface area contributed by atoms with Gasteiger partial charge in [-0.05, 0) is 64.5 Å². The highest BCUT2D eigenvalue weighted by atomic mass is 32.1. The van der Waals surface area contributed by atoms with E-state index >= 15 is 0 Å². The van der Waals surface area contributed by atoms with Gasteiger partial charge in [0.1, 0.15) is 6.33 Å². The monoisotopic (exact) mass is 450 g/mol. The third-order valence-electron chi connectivity index (χ3n) is 7.33. The van der Waals surface area contributed by atoms with Gasteiger partial charge in [-0.25, -0.2) is 9.97 Å². The van der Waals surface area contributed by atoms with Crippen LogP contribution in [0.3, 0.4) is 0 Å². The zero-order chi connectivity index (χ0) is 22.8. The van der Waals surface area contributed by atoms with Crippen LogP contribution in [-0.2, 0) is 0 Å². The van der Waals surface area contributed by atoms with Crippen LogP contribution < -0.4 is 0 Å². The van der Waals surface area contributed by atoms with E-state index in [2.05, 4.69) is 88.4 Å². The topological polar surface area (TPSA) is 25.8 Å². The van der Waals surface area contributed by atoms with Crippen molar-refractivity contribution in [3.63, 3.8) is 0 Å². The molecule has 2 heterocycles. The van der Waals surface area contributed by atoms with Gasteiger partial charge in [0.2, 0.25) is 0 Å². The van der Waals surface area contributed by atoms with Gasteiger partial charge in [0.05, 0.1) is 15.9 Å². The average molecular weight is 451 g/mol. The fourth-order valence-corrected chi connectivity index (χ4v) is 7.69. The lowest BCUT2D eigenvalue weighted by Crippen LogP contribution is -2.32. The normalized spacial score (nSPS) is 18.3. The molecule has 1 aliphatic carbocycles. The van der Waals surface area contributed by atoms with E-state index in [1.807, 2.05) is 11.3 Å². The van der Waals surface area contributed by atoms with E-state index < -0.39 is 0 Å². The summed E-state index contributed by atoms with van der Waals surface area (Å²) < 4.78 is 2.51. The van der Waals surface area contributed by atoms with Gasteiger partial charge in [-0.2, -0.15) is 0 Å². The molecule has 0 atom stereocenters. The molecule has 0 aliphatic heterocycles. The summed E-state index contributed by atoms with van der Waals surface area (Å²) in [6.07, 6.45) is 5.54. The average Bonchev–Trinajstić information content (AvgIpc) is 3.14. The van der Waals surface area contributed by atoms with Gasteiger partial charge in [-0.3, -0.25) is 0 Å². The van der Waals surface area contributed by atoms with E-state index in [1.165, 1.54) is 50.4 Å². The zero-order valence-electron chi connectivity index (χ0n) is 19.9. The van der Waals surface area contributed by atoms with E-state index in [1.54, 1.807) is 6.33 Å². The molecular weight excluding hydrogens is 420 g/mol. The summed E-state index contributed by atoms with van der Waals surface area (Å²) in [4.78, 5) is 9.43. The Bertz CT molecular complexity index is 1490. The van der Waals surface area contributed by atoms with Gasteiger partial charge in [-0.1, -0.05) is 76.2 Å². The summed E-state index contributed by atoms with van der Waals surface area (Å²) in [5.41, 5.74) is 5.52. The first kappa shape index (κ1) is 20.8. The molecule has 0 spiro atoms. The highest BCUT2D eigenvalue weighted by Gasteiger charge is 2.39. The van der Waals surface area contributed by atoms with Crippen molar-refractivity contribution in [3.8, 4) is 11.3 Å². The number of benzene rings is 3. The number of rotatable bonds is 2. The fourth-order valence-electron chi connectivity index (χ4n) is 6.47. The molecule has 166 valence electrons. The van der Waals surface area contributed by atoms with Crippen LogP contribution in [0.2, 0.25) is 0 Å². The van der Waals surface area contributed by atoms with Crippen molar-refractivity contribution in [2.45, 2.75) is 52.9 Å². The number of nitrogens with zero attached hydrogens (tertiary/aromatic N) is 2. The molecule has 0 saturated heterocycles. The predicted octanol–water partition coefficient (Wildman–Crippen LogP) is 8.98. The van der Waals surface area contributed by atoms with Crippen molar-refractivity contribution in [2.75, 3.05) is 0 Å². The molecule has 33 heavy (non-hydrogen) atoms.